The van der Waals surface area contributed by atoms with E-state index in [0.29, 0.717) is 0 Å². The maximum Gasteiger partial charge on any atom is 0.251 e. The highest BCUT2D eigenvalue weighted by atomic mass is 32.2. The van der Waals surface area contributed by atoms with Gasteiger partial charge in [-0.2, -0.15) is 0 Å². The molecular formula is C19H25N3O6S2. The van der Waals surface area contributed by atoms with Crippen LogP contribution in [0.1, 0.15) is 22.8 Å². The van der Waals surface area contributed by atoms with Gasteiger partial charge in [0.05, 0.1) is 12.0 Å². The molecule has 0 aromatic heterocycles. The molecule has 2 rings (SSSR count). The average molecular weight is 456 g/mol. The van der Waals surface area contributed by atoms with E-state index in [0.717, 1.165) is 5.56 Å². The van der Waals surface area contributed by atoms with Crippen molar-refractivity contribution >= 4 is 26.0 Å². The van der Waals surface area contributed by atoms with E-state index in [2.05, 4.69) is 14.8 Å². The van der Waals surface area contributed by atoms with Crippen molar-refractivity contribution in [2.45, 2.75) is 23.6 Å². The monoisotopic (exact) mass is 455 g/mol. The van der Waals surface area contributed by atoms with Gasteiger partial charge in [0, 0.05) is 25.2 Å². The van der Waals surface area contributed by atoms with Crippen molar-refractivity contribution in [1.82, 2.24) is 14.8 Å². The topological polar surface area (TPSA) is 131 Å². The lowest BCUT2D eigenvalue weighted by molar-refractivity contribution is 0.0954. The summed E-state index contributed by atoms with van der Waals surface area (Å²) >= 11 is 0. The fourth-order valence-corrected chi connectivity index (χ4v) is 4.83. The SMILES string of the molecule is CCNS(=O)(=O)c1cc(C(=O)NCCNS(=O)(=O)c2ccc(C)cc2)ccc1OC. The van der Waals surface area contributed by atoms with Crippen molar-refractivity contribution in [2.75, 3.05) is 26.7 Å². The minimum atomic E-state index is -3.83. The lowest BCUT2D eigenvalue weighted by Crippen LogP contribution is -2.34. The summed E-state index contributed by atoms with van der Waals surface area (Å²) in [5, 5.41) is 2.56. The molecule has 11 heteroatoms. The van der Waals surface area contributed by atoms with Crippen LogP contribution in [0, 0.1) is 6.92 Å². The molecule has 0 heterocycles. The van der Waals surface area contributed by atoms with Gasteiger partial charge >= 0.3 is 0 Å². The molecule has 0 atom stereocenters. The third-order valence-corrected chi connectivity index (χ3v) is 7.13. The van der Waals surface area contributed by atoms with Crippen LogP contribution < -0.4 is 19.5 Å². The number of nitrogens with one attached hydrogen (secondary N) is 3. The van der Waals surface area contributed by atoms with E-state index in [4.69, 9.17) is 4.74 Å². The van der Waals surface area contributed by atoms with Gasteiger partial charge in [0.1, 0.15) is 10.6 Å². The molecule has 3 N–H and O–H groups in total. The van der Waals surface area contributed by atoms with E-state index < -0.39 is 26.0 Å². The van der Waals surface area contributed by atoms with Crippen LogP contribution in [-0.2, 0) is 20.0 Å². The zero-order valence-electron chi connectivity index (χ0n) is 16.9. The van der Waals surface area contributed by atoms with E-state index >= 15 is 0 Å². The van der Waals surface area contributed by atoms with Crippen molar-refractivity contribution in [2.24, 2.45) is 0 Å². The molecule has 0 radical (unpaired) electrons. The Morgan fingerprint density at radius 1 is 0.933 bits per heavy atom. The summed E-state index contributed by atoms with van der Waals surface area (Å²) in [6.45, 7) is 3.67. The number of ether oxygens (including phenoxy) is 1. The van der Waals surface area contributed by atoms with Crippen LogP contribution >= 0.6 is 0 Å². The number of rotatable bonds is 10. The van der Waals surface area contributed by atoms with Crippen LogP contribution in [0.4, 0.5) is 0 Å². The quantitative estimate of drug-likeness (QED) is 0.458. The van der Waals surface area contributed by atoms with Gasteiger partial charge in [0.25, 0.3) is 5.91 Å². The number of benzene rings is 2. The number of hydrogen-bond donors (Lipinski definition) is 3. The molecule has 0 aliphatic rings. The van der Waals surface area contributed by atoms with Crippen LogP contribution in [0.2, 0.25) is 0 Å². The predicted molar refractivity (Wildman–Crippen MR) is 113 cm³/mol. The van der Waals surface area contributed by atoms with Crippen molar-refractivity contribution in [3.63, 3.8) is 0 Å². The normalized spacial score (nSPS) is 11.8. The second kappa shape index (κ2) is 10.0. The minimum absolute atomic E-state index is 0.0191. The van der Waals surface area contributed by atoms with Crippen molar-refractivity contribution in [3.05, 3.63) is 53.6 Å². The van der Waals surface area contributed by atoms with E-state index in [1.807, 2.05) is 6.92 Å². The summed E-state index contributed by atoms with van der Waals surface area (Å²) in [6.07, 6.45) is 0. The first-order chi connectivity index (χ1) is 14.1. The lowest BCUT2D eigenvalue weighted by Gasteiger charge is -2.12. The zero-order valence-corrected chi connectivity index (χ0v) is 18.6. The molecule has 164 valence electrons. The Balaban J connectivity index is 2.02. The maximum atomic E-state index is 12.4. The summed E-state index contributed by atoms with van der Waals surface area (Å²) in [5.74, 6) is -0.432. The first-order valence-electron chi connectivity index (χ1n) is 9.13. The number of carbonyl (C=O) groups is 1. The number of sulfonamides is 2. The Morgan fingerprint density at radius 3 is 2.20 bits per heavy atom. The summed E-state index contributed by atoms with van der Waals surface area (Å²) in [5.41, 5.74) is 1.05. The highest BCUT2D eigenvalue weighted by molar-refractivity contribution is 7.89. The minimum Gasteiger partial charge on any atom is -0.495 e. The molecule has 2 aromatic rings. The number of carbonyl (C=O) groups excluding carboxylic acids is 1. The van der Waals surface area contributed by atoms with E-state index in [9.17, 15) is 21.6 Å². The number of hydrogen-bond acceptors (Lipinski definition) is 6. The highest BCUT2D eigenvalue weighted by Crippen LogP contribution is 2.24. The van der Waals surface area contributed by atoms with Crippen LogP contribution in [-0.4, -0.2) is 49.5 Å². The Labute approximate surface area is 176 Å². The highest BCUT2D eigenvalue weighted by Gasteiger charge is 2.21. The summed E-state index contributed by atoms with van der Waals surface area (Å²) < 4.78 is 58.9. The summed E-state index contributed by atoms with van der Waals surface area (Å²) in [4.78, 5) is 12.3. The predicted octanol–water partition coefficient (Wildman–Crippen LogP) is 1.01. The maximum absolute atomic E-state index is 12.4. The molecule has 30 heavy (non-hydrogen) atoms. The van der Waals surface area contributed by atoms with Crippen molar-refractivity contribution < 1.29 is 26.4 Å². The first-order valence-corrected chi connectivity index (χ1v) is 12.1. The molecule has 2 aromatic carbocycles. The molecule has 0 aliphatic heterocycles. The number of amides is 1. The number of aryl methyl sites for hydroxylation is 1. The third-order valence-electron chi connectivity index (χ3n) is 4.08. The van der Waals surface area contributed by atoms with Crippen molar-refractivity contribution in [1.29, 1.82) is 0 Å². The van der Waals surface area contributed by atoms with Crippen LogP contribution in [0.15, 0.2) is 52.3 Å². The Morgan fingerprint density at radius 2 is 1.60 bits per heavy atom. The Hall–Kier alpha value is -2.47. The molecular weight excluding hydrogens is 430 g/mol. The fourth-order valence-electron chi connectivity index (χ4n) is 2.56. The van der Waals surface area contributed by atoms with E-state index in [1.165, 1.54) is 37.4 Å². The fraction of sp³-hybridized carbons (Fsp3) is 0.316. The van der Waals surface area contributed by atoms with Gasteiger partial charge in [-0.3, -0.25) is 4.79 Å². The largest absolute Gasteiger partial charge is 0.495 e. The molecule has 0 bridgehead atoms. The smallest absolute Gasteiger partial charge is 0.251 e. The molecule has 0 saturated carbocycles. The molecule has 9 nitrogen and oxygen atoms in total. The molecule has 1 amide bonds. The second-order valence-corrected chi connectivity index (χ2v) is 9.84. The summed E-state index contributed by atoms with van der Waals surface area (Å²) in [6, 6.07) is 10.4. The molecule has 0 spiro atoms. The van der Waals surface area contributed by atoms with Gasteiger partial charge < -0.3 is 10.1 Å². The number of methoxy groups -OCH3 is 1. The summed E-state index contributed by atoms with van der Waals surface area (Å²) in [7, 11) is -6.19. The van der Waals surface area contributed by atoms with Crippen molar-refractivity contribution in [3.8, 4) is 5.75 Å². The van der Waals surface area contributed by atoms with Gasteiger partial charge in [-0.15, -0.1) is 0 Å². The first kappa shape index (κ1) is 23.8. The molecule has 0 aliphatic carbocycles. The van der Waals surface area contributed by atoms with Gasteiger partial charge in [-0.05, 0) is 37.3 Å². The Kier molecular flexibility index (Phi) is 7.96. The van der Waals surface area contributed by atoms with E-state index in [-0.39, 0.29) is 40.7 Å². The van der Waals surface area contributed by atoms with Crippen LogP contribution in [0.25, 0.3) is 0 Å². The molecule has 0 saturated heterocycles. The van der Waals surface area contributed by atoms with E-state index in [1.54, 1.807) is 19.1 Å². The second-order valence-electron chi connectivity index (χ2n) is 6.33. The standard InChI is InChI=1S/C19H25N3O6S2/c1-4-21-30(26,27)18-13-15(7-10-17(18)28-3)19(23)20-11-12-22-29(24,25)16-8-5-14(2)6-9-16/h5-10,13,21-22H,4,11-12H2,1-3H3,(H,20,23). The zero-order chi connectivity index (χ0) is 22.4. The van der Waals surface area contributed by atoms with Gasteiger partial charge in [0.2, 0.25) is 20.0 Å². The third kappa shape index (κ3) is 6.02. The van der Waals surface area contributed by atoms with Gasteiger partial charge in [-0.25, -0.2) is 26.3 Å². The Bertz CT molecular complexity index is 1100. The molecule has 0 fully saturated rings. The van der Waals surface area contributed by atoms with Gasteiger partial charge in [0.15, 0.2) is 0 Å². The van der Waals surface area contributed by atoms with Crippen LogP contribution in [0.3, 0.4) is 0 Å². The molecule has 0 unspecified atom stereocenters. The van der Waals surface area contributed by atoms with Crippen LogP contribution in [0.5, 0.6) is 5.75 Å². The lowest BCUT2D eigenvalue weighted by atomic mass is 10.2. The average Bonchev–Trinajstić information content (AvgIpc) is 2.71. The van der Waals surface area contributed by atoms with Gasteiger partial charge in [-0.1, -0.05) is 24.6 Å².